The fourth-order valence-corrected chi connectivity index (χ4v) is 3.60. The minimum Gasteiger partial charge on any atom is -0.373 e. The van der Waals surface area contributed by atoms with Gasteiger partial charge in [0, 0.05) is 18.7 Å². The van der Waals surface area contributed by atoms with Crippen molar-refractivity contribution in [3.05, 3.63) is 29.8 Å². The van der Waals surface area contributed by atoms with Crippen LogP contribution in [0.5, 0.6) is 0 Å². The van der Waals surface area contributed by atoms with E-state index >= 15 is 0 Å². The Kier molecular flexibility index (Phi) is 4.47. The number of carbonyl (C=O) groups excluding carboxylic acids is 1. The number of para-hydroxylation sites is 1. The zero-order valence-corrected chi connectivity index (χ0v) is 12.9. The van der Waals surface area contributed by atoms with Gasteiger partial charge in [0.2, 0.25) is 5.91 Å². The molecular weight excluding hydrogens is 260 g/mol. The third kappa shape index (κ3) is 3.58. The Hall–Kier alpha value is -1.51. The first-order valence-electron chi connectivity index (χ1n) is 8.34. The van der Waals surface area contributed by atoms with Crippen LogP contribution in [0.1, 0.15) is 44.6 Å². The summed E-state index contributed by atoms with van der Waals surface area (Å²) in [5.41, 5.74) is 2.36. The molecule has 2 N–H and O–H groups in total. The van der Waals surface area contributed by atoms with Gasteiger partial charge in [0.1, 0.15) is 6.04 Å². The predicted octanol–water partition coefficient (Wildman–Crippen LogP) is 3.36. The van der Waals surface area contributed by atoms with Gasteiger partial charge in [-0.2, -0.15) is 0 Å². The largest absolute Gasteiger partial charge is 0.373 e. The molecule has 1 saturated carbocycles. The molecule has 1 aromatic rings. The maximum Gasteiger partial charge on any atom is 0.242 e. The van der Waals surface area contributed by atoms with E-state index in [4.69, 9.17) is 0 Å². The molecule has 1 fully saturated rings. The lowest BCUT2D eigenvalue weighted by Gasteiger charge is -2.26. The molecule has 0 bridgehead atoms. The Balaban J connectivity index is 1.40. The molecule has 1 unspecified atom stereocenters. The van der Waals surface area contributed by atoms with Crippen molar-refractivity contribution in [3.63, 3.8) is 0 Å². The monoisotopic (exact) mass is 286 g/mol. The molecule has 1 aliphatic heterocycles. The molecule has 3 heteroatoms. The molecule has 1 amide bonds. The summed E-state index contributed by atoms with van der Waals surface area (Å²) in [6, 6.07) is 8.10. The van der Waals surface area contributed by atoms with Gasteiger partial charge in [0.15, 0.2) is 0 Å². The van der Waals surface area contributed by atoms with E-state index < -0.39 is 0 Å². The number of hydrogen-bond acceptors (Lipinski definition) is 2. The molecule has 2 aliphatic rings. The number of fused-ring (bicyclic) bond motifs is 1. The number of benzene rings is 1. The molecule has 0 spiro atoms. The summed E-state index contributed by atoms with van der Waals surface area (Å²) in [4.78, 5) is 12.2. The van der Waals surface area contributed by atoms with Crippen LogP contribution in [0.4, 0.5) is 5.69 Å². The lowest BCUT2D eigenvalue weighted by molar-refractivity contribution is -0.121. The molecule has 21 heavy (non-hydrogen) atoms. The second-order valence-electron chi connectivity index (χ2n) is 6.76. The maximum atomic E-state index is 12.2. The molecule has 1 heterocycles. The van der Waals surface area contributed by atoms with E-state index in [1.165, 1.54) is 31.2 Å². The quantitative estimate of drug-likeness (QED) is 0.891. The smallest absolute Gasteiger partial charge is 0.242 e. The van der Waals surface area contributed by atoms with Crippen LogP contribution in [0.2, 0.25) is 0 Å². The SMILES string of the molecule is CC1CCC(CCNC(=O)C2Cc3ccccc3N2)CC1. The first-order chi connectivity index (χ1) is 10.2. The second kappa shape index (κ2) is 6.50. The third-order valence-corrected chi connectivity index (χ3v) is 5.07. The van der Waals surface area contributed by atoms with Crippen LogP contribution in [-0.4, -0.2) is 18.5 Å². The Bertz CT molecular complexity index is 467. The summed E-state index contributed by atoms with van der Waals surface area (Å²) >= 11 is 0. The van der Waals surface area contributed by atoms with E-state index in [-0.39, 0.29) is 11.9 Å². The minimum atomic E-state index is -0.0891. The molecule has 3 nitrogen and oxygen atoms in total. The molecule has 1 aliphatic carbocycles. The average Bonchev–Trinajstić information content (AvgIpc) is 2.93. The van der Waals surface area contributed by atoms with Crippen molar-refractivity contribution >= 4 is 11.6 Å². The summed E-state index contributed by atoms with van der Waals surface area (Å²) in [7, 11) is 0. The van der Waals surface area contributed by atoms with Crippen LogP contribution >= 0.6 is 0 Å². The summed E-state index contributed by atoms with van der Waals surface area (Å²) in [5, 5.41) is 6.43. The van der Waals surface area contributed by atoms with Gasteiger partial charge in [-0.15, -0.1) is 0 Å². The van der Waals surface area contributed by atoms with Gasteiger partial charge in [-0.25, -0.2) is 0 Å². The number of amides is 1. The topological polar surface area (TPSA) is 41.1 Å². The summed E-state index contributed by atoms with van der Waals surface area (Å²) < 4.78 is 0. The number of hydrogen-bond donors (Lipinski definition) is 2. The van der Waals surface area contributed by atoms with E-state index in [0.717, 1.165) is 36.9 Å². The maximum absolute atomic E-state index is 12.2. The third-order valence-electron chi connectivity index (χ3n) is 5.07. The van der Waals surface area contributed by atoms with Crippen molar-refractivity contribution in [2.45, 2.75) is 51.5 Å². The zero-order chi connectivity index (χ0) is 14.7. The van der Waals surface area contributed by atoms with Crippen LogP contribution in [0, 0.1) is 11.8 Å². The van der Waals surface area contributed by atoms with Crippen molar-refractivity contribution in [2.75, 3.05) is 11.9 Å². The van der Waals surface area contributed by atoms with Gasteiger partial charge in [0.05, 0.1) is 0 Å². The van der Waals surface area contributed by atoms with Crippen molar-refractivity contribution in [1.29, 1.82) is 0 Å². The molecule has 1 aromatic carbocycles. The van der Waals surface area contributed by atoms with E-state index in [1.807, 2.05) is 18.2 Å². The fraction of sp³-hybridized carbons (Fsp3) is 0.611. The second-order valence-corrected chi connectivity index (χ2v) is 6.76. The first kappa shape index (κ1) is 14.4. The van der Waals surface area contributed by atoms with Crippen molar-refractivity contribution in [2.24, 2.45) is 11.8 Å². The van der Waals surface area contributed by atoms with Gasteiger partial charge in [-0.3, -0.25) is 4.79 Å². The molecule has 0 radical (unpaired) electrons. The van der Waals surface area contributed by atoms with Gasteiger partial charge >= 0.3 is 0 Å². The summed E-state index contributed by atoms with van der Waals surface area (Å²) in [5.74, 6) is 1.86. The molecule has 0 saturated heterocycles. The average molecular weight is 286 g/mol. The van der Waals surface area contributed by atoms with E-state index in [9.17, 15) is 4.79 Å². The normalized spacial score (nSPS) is 27.8. The highest BCUT2D eigenvalue weighted by atomic mass is 16.2. The Morgan fingerprint density at radius 3 is 2.76 bits per heavy atom. The molecule has 114 valence electrons. The van der Waals surface area contributed by atoms with Crippen LogP contribution in [0.3, 0.4) is 0 Å². The van der Waals surface area contributed by atoms with Crippen molar-refractivity contribution in [1.82, 2.24) is 5.32 Å². The van der Waals surface area contributed by atoms with Gasteiger partial charge in [-0.05, 0) is 29.9 Å². The number of nitrogens with one attached hydrogen (secondary N) is 2. The van der Waals surface area contributed by atoms with Crippen molar-refractivity contribution in [3.8, 4) is 0 Å². The van der Waals surface area contributed by atoms with Crippen molar-refractivity contribution < 1.29 is 4.79 Å². The molecule has 0 aromatic heterocycles. The summed E-state index contributed by atoms with van der Waals surface area (Å²) in [6.45, 7) is 3.17. The van der Waals surface area contributed by atoms with Gasteiger partial charge < -0.3 is 10.6 Å². The van der Waals surface area contributed by atoms with Crippen LogP contribution in [-0.2, 0) is 11.2 Å². The van der Waals surface area contributed by atoms with E-state index in [1.54, 1.807) is 0 Å². The lowest BCUT2D eigenvalue weighted by Crippen LogP contribution is -2.39. The van der Waals surface area contributed by atoms with E-state index in [2.05, 4.69) is 23.6 Å². The first-order valence-corrected chi connectivity index (χ1v) is 8.34. The van der Waals surface area contributed by atoms with Crippen LogP contribution in [0.15, 0.2) is 24.3 Å². The number of carbonyl (C=O) groups is 1. The van der Waals surface area contributed by atoms with E-state index in [0.29, 0.717) is 0 Å². The highest BCUT2D eigenvalue weighted by Gasteiger charge is 2.26. The van der Waals surface area contributed by atoms with Gasteiger partial charge in [0.25, 0.3) is 0 Å². The highest BCUT2D eigenvalue weighted by molar-refractivity contribution is 5.87. The number of rotatable bonds is 4. The highest BCUT2D eigenvalue weighted by Crippen LogP contribution is 2.30. The molecule has 3 rings (SSSR count). The standard InChI is InChI=1S/C18H26N2O/c1-13-6-8-14(9-7-13)10-11-19-18(21)17-12-15-4-2-3-5-16(15)20-17/h2-5,13-14,17,20H,6-12H2,1H3,(H,19,21). The Labute approximate surface area is 127 Å². The molecular formula is C18H26N2O. The predicted molar refractivity (Wildman–Crippen MR) is 86.3 cm³/mol. The van der Waals surface area contributed by atoms with Gasteiger partial charge in [-0.1, -0.05) is 50.8 Å². The summed E-state index contributed by atoms with van der Waals surface area (Å²) in [6.07, 6.45) is 7.34. The Morgan fingerprint density at radius 1 is 1.24 bits per heavy atom. The molecule has 1 atom stereocenters. The Morgan fingerprint density at radius 2 is 2.00 bits per heavy atom. The lowest BCUT2D eigenvalue weighted by atomic mass is 9.81. The zero-order valence-electron chi connectivity index (χ0n) is 12.9. The fourth-order valence-electron chi connectivity index (χ4n) is 3.60. The minimum absolute atomic E-state index is 0.0891. The van der Waals surface area contributed by atoms with Crippen LogP contribution < -0.4 is 10.6 Å². The number of anilines is 1. The van der Waals surface area contributed by atoms with Crippen LogP contribution in [0.25, 0.3) is 0 Å².